The molecule has 0 radical (unpaired) electrons. The van der Waals surface area contributed by atoms with E-state index in [0.29, 0.717) is 16.8 Å². The van der Waals surface area contributed by atoms with Gasteiger partial charge in [0.15, 0.2) is 0 Å². The van der Waals surface area contributed by atoms with Crippen molar-refractivity contribution in [3.8, 4) is 6.07 Å². The Bertz CT molecular complexity index is 656. The van der Waals surface area contributed by atoms with Crippen LogP contribution in [0.25, 0.3) is 0 Å². The second-order valence-corrected chi connectivity index (χ2v) is 4.47. The minimum Gasteiger partial charge on any atom is -0.494 e. The summed E-state index contributed by atoms with van der Waals surface area (Å²) in [6.45, 7) is 3.60. The van der Waals surface area contributed by atoms with Gasteiger partial charge in [0.2, 0.25) is 5.88 Å². The van der Waals surface area contributed by atoms with Crippen molar-refractivity contribution in [1.29, 1.82) is 5.26 Å². The topological polar surface area (TPSA) is 95.2 Å². The molecule has 0 saturated heterocycles. The lowest BCUT2D eigenvalue weighted by atomic mass is 9.82. The first-order valence-corrected chi connectivity index (χ1v) is 6.48. The van der Waals surface area contributed by atoms with Crippen molar-refractivity contribution in [2.75, 3.05) is 6.61 Å². The molecule has 0 aliphatic carbocycles. The fourth-order valence-corrected chi connectivity index (χ4v) is 2.30. The maximum atomic E-state index is 12.2. The molecule has 21 heavy (non-hydrogen) atoms. The monoisotopic (exact) mass is 285 g/mol. The Morgan fingerprint density at radius 2 is 2.19 bits per heavy atom. The third-order valence-electron chi connectivity index (χ3n) is 3.20. The number of carbonyl (C=O) groups excluding carboxylic acids is 1. The van der Waals surface area contributed by atoms with E-state index in [9.17, 15) is 15.2 Å². The van der Waals surface area contributed by atoms with Crippen LogP contribution in [0.5, 0.6) is 0 Å². The summed E-state index contributed by atoms with van der Waals surface area (Å²) in [5.41, 5.74) is 1.55. The average Bonchev–Trinajstić information content (AvgIpc) is 2.47. The SMILES string of the molecule is CCOC(=O)C1=C(C)NC(O)=C(C#N)C1c1ccncc1. The number of allylic oxidation sites excluding steroid dienone is 2. The number of aromatic nitrogens is 1. The van der Waals surface area contributed by atoms with E-state index in [2.05, 4.69) is 10.3 Å². The predicted octanol–water partition coefficient (Wildman–Crippen LogP) is 1.90. The second-order valence-electron chi connectivity index (χ2n) is 4.47. The summed E-state index contributed by atoms with van der Waals surface area (Å²) in [6.07, 6.45) is 3.14. The average molecular weight is 285 g/mol. The van der Waals surface area contributed by atoms with Crippen molar-refractivity contribution in [2.24, 2.45) is 0 Å². The van der Waals surface area contributed by atoms with Crippen LogP contribution in [0.3, 0.4) is 0 Å². The Balaban J connectivity index is 2.58. The van der Waals surface area contributed by atoms with Crippen LogP contribution >= 0.6 is 0 Å². The zero-order valence-electron chi connectivity index (χ0n) is 11.8. The van der Waals surface area contributed by atoms with Crippen molar-refractivity contribution in [2.45, 2.75) is 19.8 Å². The van der Waals surface area contributed by atoms with E-state index in [4.69, 9.17) is 4.74 Å². The van der Waals surface area contributed by atoms with Gasteiger partial charge in [-0.15, -0.1) is 0 Å². The van der Waals surface area contributed by atoms with Crippen molar-refractivity contribution >= 4 is 5.97 Å². The molecule has 0 amide bonds. The molecular weight excluding hydrogens is 270 g/mol. The zero-order chi connectivity index (χ0) is 15.4. The van der Waals surface area contributed by atoms with E-state index < -0.39 is 11.9 Å². The number of rotatable bonds is 3. The van der Waals surface area contributed by atoms with Crippen LogP contribution in [0.15, 0.2) is 47.3 Å². The number of nitrogens with zero attached hydrogens (tertiary/aromatic N) is 2. The van der Waals surface area contributed by atoms with Gasteiger partial charge in [-0.25, -0.2) is 4.79 Å². The summed E-state index contributed by atoms with van der Waals surface area (Å²) in [7, 11) is 0. The molecule has 6 heteroatoms. The number of hydrogen-bond acceptors (Lipinski definition) is 6. The number of esters is 1. The first-order valence-electron chi connectivity index (χ1n) is 6.48. The largest absolute Gasteiger partial charge is 0.494 e. The molecule has 2 rings (SSSR count). The Morgan fingerprint density at radius 1 is 1.52 bits per heavy atom. The van der Waals surface area contributed by atoms with Gasteiger partial charge in [0.25, 0.3) is 0 Å². The maximum Gasteiger partial charge on any atom is 0.336 e. The van der Waals surface area contributed by atoms with E-state index >= 15 is 0 Å². The molecule has 2 N–H and O–H groups in total. The zero-order valence-corrected chi connectivity index (χ0v) is 11.8. The van der Waals surface area contributed by atoms with E-state index in [1.165, 1.54) is 0 Å². The fourth-order valence-electron chi connectivity index (χ4n) is 2.30. The number of aliphatic hydroxyl groups excluding tert-OH is 1. The number of dihydropyridines is 1. The van der Waals surface area contributed by atoms with Gasteiger partial charge >= 0.3 is 5.97 Å². The van der Waals surface area contributed by atoms with Gasteiger partial charge < -0.3 is 15.2 Å². The van der Waals surface area contributed by atoms with E-state index in [0.717, 1.165) is 0 Å². The standard InChI is InChI=1S/C15H15N3O3/c1-3-21-15(20)12-9(2)18-14(19)11(8-16)13(12)10-4-6-17-7-5-10/h4-7,13,18-19H,3H2,1-2H3. The number of ether oxygens (including phenoxy) is 1. The highest BCUT2D eigenvalue weighted by Crippen LogP contribution is 2.37. The number of pyridine rings is 1. The van der Waals surface area contributed by atoms with Crippen LogP contribution < -0.4 is 5.32 Å². The van der Waals surface area contributed by atoms with Crippen molar-refractivity contribution in [1.82, 2.24) is 10.3 Å². The molecule has 0 saturated carbocycles. The number of carbonyl (C=O) groups is 1. The molecule has 1 unspecified atom stereocenters. The summed E-state index contributed by atoms with van der Waals surface area (Å²) >= 11 is 0. The summed E-state index contributed by atoms with van der Waals surface area (Å²) in [6, 6.07) is 5.36. The molecule has 1 aliphatic rings. The molecule has 0 bridgehead atoms. The third kappa shape index (κ3) is 2.72. The highest BCUT2D eigenvalue weighted by molar-refractivity contribution is 5.92. The van der Waals surface area contributed by atoms with E-state index in [1.807, 2.05) is 6.07 Å². The molecule has 2 heterocycles. The number of nitriles is 1. The molecule has 1 aromatic heterocycles. The van der Waals surface area contributed by atoms with Crippen LogP contribution in [0.1, 0.15) is 25.3 Å². The highest BCUT2D eigenvalue weighted by atomic mass is 16.5. The van der Waals surface area contributed by atoms with Gasteiger partial charge in [0.05, 0.1) is 18.1 Å². The normalized spacial score (nSPS) is 18.0. The first kappa shape index (κ1) is 14.6. The Labute approximate surface area is 122 Å². The fraction of sp³-hybridized carbons (Fsp3) is 0.267. The van der Waals surface area contributed by atoms with Crippen LogP contribution in [-0.2, 0) is 9.53 Å². The minimum atomic E-state index is -0.668. The van der Waals surface area contributed by atoms with Crippen molar-refractivity contribution in [3.63, 3.8) is 0 Å². The highest BCUT2D eigenvalue weighted by Gasteiger charge is 2.35. The number of hydrogen-bond donors (Lipinski definition) is 2. The lowest BCUT2D eigenvalue weighted by Gasteiger charge is -2.26. The second kappa shape index (κ2) is 6.09. The molecular formula is C15H15N3O3. The molecule has 1 aliphatic heterocycles. The Hall–Kier alpha value is -2.81. The van der Waals surface area contributed by atoms with Crippen molar-refractivity contribution in [3.05, 3.63) is 52.8 Å². The molecule has 108 valence electrons. The lowest BCUT2D eigenvalue weighted by Crippen LogP contribution is -2.29. The van der Waals surface area contributed by atoms with Crippen molar-refractivity contribution < 1.29 is 14.6 Å². The van der Waals surface area contributed by atoms with Gasteiger partial charge in [-0.2, -0.15) is 5.26 Å². The molecule has 1 aromatic rings. The maximum absolute atomic E-state index is 12.2. The predicted molar refractivity (Wildman–Crippen MR) is 74.7 cm³/mol. The molecule has 0 fully saturated rings. The number of nitrogens with one attached hydrogen (secondary N) is 1. The quantitative estimate of drug-likeness (QED) is 0.823. The third-order valence-corrected chi connectivity index (χ3v) is 3.20. The minimum absolute atomic E-state index is 0.0786. The molecule has 1 atom stereocenters. The number of aliphatic hydroxyl groups is 1. The molecule has 0 aromatic carbocycles. The van der Waals surface area contributed by atoms with Gasteiger partial charge in [0.1, 0.15) is 11.6 Å². The summed E-state index contributed by atoms with van der Waals surface area (Å²) in [4.78, 5) is 16.1. The van der Waals surface area contributed by atoms with Crippen LogP contribution in [0.4, 0.5) is 0 Å². The van der Waals surface area contributed by atoms with E-state index in [-0.39, 0.29) is 18.1 Å². The summed E-state index contributed by atoms with van der Waals surface area (Å²) < 4.78 is 5.07. The van der Waals surface area contributed by atoms with Gasteiger partial charge in [-0.1, -0.05) is 0 Å². The lowest BCUT2D eigenvalue weighted by molar-refractivity contribution is -0.138. The smallest absolute Gasteiger partial charge is 0.336 e. The Kier molecular flexibility index (Phi) is 4.24. The van der Waals surface area contributed by atoms with Gasteiger partial charge in [0, 0.05) is 18.1 Å². The van der Waals surface area contributed by atoms with Gasteiger partial charge in [-0.05, 0) is 31.5 Å². The van der Waals surface area contributed by atoms with Crippen LogP contribution in [0.2, 0.25) is 0 Å². The Morgan fingerprint density at radius 3 is 2.76 bits per heavy atom. The summed E-state index contributed by atoms with van der Waals surface area (Å²) in [5, 5.41) is 21.9. The molecule has 6 nitrogen and oxygen atoms in total. The molecule has 0 spiro atoms. The van der Waals surface area contributed by atoms with E-state index in [1.54, 1.807) is 38.4 Å². The first-order chi connectivity index (χ1) is 10.1. The van der Waals surface area contributed by atoms with Crippen LogP contribution in [-0.4, -0.2) is 22.7 Å². The summed E-state index contributed by atoms with van der Waals surface area (Å²) in [5.74, 6) is -1.42. The van der Waals surface area contributed by atoms with Crippen LogP contribution in [0, 0.1) is 11.3 Å². The van der Waals surface area contributed by atoms with Gasteiger partial charge in [-0.3, -0.25) is 4.98 Å².